The van der Waals surface area contributed by atoms with Gasteiger partial charge in [-0.1, -0.05) is 0 Å². The first-order valence-corrected chi connectivity index (χ1v) is 6.77. The monoisotopic (exact) mass is 266 g/mol. The maximum absolute atomic E-state index is 12.2. The molecular weight excluding hydrogens is 244 g/mol. The van der Waals surface area contributed by atoms with Crippen LogP contribution in [0.15, 0.2) is 12.7 Å². The fourth-order valence-electron chi connectivity index (χ4n) is 3.00. The quantitative estimate of drug-likeness (QED) is 0.832. The lowest BCUT2D eigenvalue weighted by molar-refractivity contribution is -0.151. The van der Waals surface area contributed by atoms with E-state index in [-0.39, 0.29) is 18.1 Å². The predicted octanol–water partition coefficient (Wildman–Crippen LogP) is 1.30. The Hall–Kier alpha value is -1.43. The highest BCUT2D eigenvalue weighted by atomic mass is 16.5. The second-order valence-corrected chi connectivity index (χ2v) is 5.50. The van der Waals surface area contributed by atoms with Crippen molar-refractivity contribution in [3.63, 3.8) is 0 Å². The Labute approximate surface area is 113 Å². The fourth-order valence-corrected chi connectivity index (χ4v) is 3.00. The van der Waals surface area contributed by atoms with Crippen molar-refractivity contribution >= 4 is 5.97 Å². The molecule has 0 amide bonds. The first kappa shape index (κ1) is 14.0. The number of hydrogen-bond acceptors (Lipinski definition) is 5. The summed E-state index contributed by atoms with van der Waals surface area (Å²) in [7, 11) is 1.45. The summed E-state index contributed by atoms with van der Waals surface area (Å²) in [5.41, 5.74) is -0.599. The Morgan fingerprint density at radius 2 is 2.37 bits per heavy atom. The van der Waals surface area contributed by atoms with Gasteiger partial charge < -0.3 is 4.74 Å². The summed E-state index contributed by atoms with van der Waals surface area (Å²) in [6.45, 7) is 4.09. The number of hydrogen-bond donors (Lipinski definition) is 1. The van der Waals surface area contributed by atoms with Crippen molar-refractivity contribution in [2.75, 3.05) is 7.11 Å². The van der Waals surface area contributed by atoms with E-state index in [0.29, 0.717) is 6.42 Å². The van der Waals surface area contributed by atoms with Gasteiger partial charge in [-0.25, -0.2) is 9.67 Å². The van der Waals surface area contributed by atoms with Crippen LogP contribution in [0.5, 0.6) is 0 Å². The van der Waals surface area contributed by atoms with Gasteiger partial charge in [0.25, 0.3) is 0 Å². The number of carbonyl (C=O) groups excluding carboxylic acids is 1. The van der Waals surface area contributed by atoms with Crippen LogP contribution < -0.4 is 5.32 Å². The van der Waals surface area contributed by atoms with Crippen LogP contribution in [-0.2, 0) is 9.53 Å². The van der Waals surface area contributed by atoms with Crippen LogP contribution in [0.25, 0.3) is 0 Å². The molecule has 1 fully saturated rings. The van der Waals surface area contributed by atoms with Crippen molar-refractivity contribution in [1.82, 2.24) is 20.1 Å². The number of carbonyl (C=O) groups is 1. The zero-order valence-corrected chi connectivity index (χ0v) is 11.8. The third-order valence-electron chi connectivity index (χ3n) is 3.68. The molecule has 6 heteroatoms. The summed E-state index contributed by atoms with van der Waals surface area (Å²) in [5.74, 6) is -0.175. The summed E-state index contributed by atoms with van der Waals surface area (Å²) in [4.78, 5) is 16.2. The van der Waals surface area contributed by atoms with E-state index in [1.165, 1.54) is 13.4 Å². The van der Waals surface area contributed by atoms with Gasteiger partial charge >= 0.3 is 5.97 Å². The van der Waals surface area contributed by atoms with Crippen molar-refractivity contribution in [3.8, 4) is 0 Å². The van der Waals surface area contributed by atoms with E-state index in [9.17, 15) is 4.79 Å². The molecule has 1 aromatic rings. The lowest BCUT2D eigenvalue weighted by atomic mass is 9.78. The van der Waals surface area contributed by atoms with Gasteiger partial charge in [-0.3, -0.25) is 10.1 Å². The van der Waals surface area contributed by atoms with E-state index in [4.69, 9.17) is 4.74 Å². The van der Waals surface area contributed by atoms with Crippen molar-refractivity contribution in [3.05, 3.63) is 12.7 Å². The third-order valence-corrected chi connectivity index (χ3v) is 3.68. The average Bonchev–Trinajstić information content (AvgIpc) is 2.91. The van der Waals surface area contributed by atoms with Crippen molar-refractivity contribution < 1.29 is 9.53 Å². The standard InChI is InChI=1S/C13H22N4O2/c1-10(2)16-13(12(18)19-3)6-4-5-11(7-13)17-9-14-8-15-17/h8-11,16H,4-7H2,1-3H3. The SMILES string of the molecule is COC(=O)C1(NC(C)C)CCCC(n2cncn2)C1. The average molecular weight is 266 g/mol. The molecule has 0 bridgehead atoms. The second-order valence-electron chi connectivity index (χ2n) is 5.50. The summed E-state index contributed by atoms with van der Waals surface area (Å²) < 4.78 is 6.86. The van der Waals surface area contributed by atoms with E-state index in [1.54, 1.807) is 6.33 Å². The molecule has 2 atom stereocenters. The third kappa shape index (κ3) is 2.94. The maximum atomic E-state index is 12.2. The first-order valence-electron chi connectivity index (χ1n) is 6.77. The molecular formula is C13H22N4O2. The Kier molecular flexibility index (Phi) is 4.19. The lowest BCUT2D eigenvalue weighted by Crippen LogP contribution is -2.57. The number of nitrogens with one attached hydrogen (secondary N) is 1. The molecule has 1 heterocycles. The highest BCUT2D eigenvalue weighted by Gasteiger charge is 2.44. The normalized spacial score (nSPS) is 27.5. The number of aromatic nitrogens is 3. The van der Waals surface area contributed by atoms with Crippen LogP contribution in [0.1, 0.15) is 45.6 Å². The van der Waals surface area contributed by atoms with Crippen LogP contribution in [0, 0.1) is 0 Å². The van der Waals surface area contributed by atoms with Gasteiger partial charge in [0.15, 0.2) is 0 Å². The molecule has 0 saturated heterocycles. The Morgan fingerprint density at radius 1 is 1.58 bits per heavy atom. The molecule has 19 heavy (non-hydrogen) atoms. The molecule has 0 aromatic carbocycles. The lowest BCUT2D eigenvalue weighted by Gasteiger charge is -2.40. The van der Waals surface area contributed by atoms with E-state index >= 15 is 0 Å². The minimum absolute atomic E-state index is 0.175. The maximum Gasteiger partial charge on any atom is 0.326 e. The van der Waals surface area contributed by atoms with Gasteiger partial charge in [-0.05, 0) is 39.5 Å². The second kappa shape index (κ2) is 5.69. The molecule has 0 aliphatic heterocycles. The number of methoxy groups -OCH3 is 1. The van der Waals surface area contributed by atoms with Gasteiger partial charge in [0.2, 0.25) is 0 Å². The van der Waals surface area contributed by atoms with E-state index in [2.05, 4.69) is 15.4 Å². The minimum Gasteiger partial charge on any atom is -0.468 e. The van der Waals surface area contributed by atoms with Crippen LogP contribution in [0.3, 0.4) is 0 Å². The number of nitrogens with zero attached hydrogens (tertiary/aromatic N) is 3. The van der Waals surface area contributed by atoms with Gasteiger partial charge in [-0.15, -0.1) is 0 Å². The summed E-state index contributed by atoms with van der Waals surface area (Å²) in [5, 5.41) is 7.60. The van der Waals surface area contributed by atoms with Crippen LogP contribution in [-0.4, -0.2) is 39.4 Å². The minimum atomic E-state index is -0.599. The predicted molar refractivity (Wildman–Crippen MR) is 70.5 cm³/mol. The number of rotatable bonds is 4. The van der Waals surface area contributed by atoms with Gasteiger partial charge in [0.05, 0.1) is 13.2 Å². The molecule has 2 unspecified atom stereocenters. The largest absolute Gasteiger partial charge is 0.468 e. The van der Waals surface area contributed by atoms with Crippen LogP contribution in [0.2, 0.25) is 0 Å². The van der Waals surface area contributed by atoms with Crippen LogP contribution in [0.4, 0.5) is 0 Å². The summed E-state index contributed by atoms with van der Waals surface area (Å²) in [6.07, 6.45) is 6.74. The Bertz CT molecular complexity index is 418. The Balaban J connectivity index is 2.20. The number of ether oxygens (including phenoxy) is 1. The highest BCUT2D eigenvalue weighted by molar-refractivity contribution is 5.81. The molecule has 106 valence electrons. The molecule has 1 N–H and O–H groups in total. The molecule has 0 radical (unpaired) electrons. The van der Waals surface area contributed by atoms with Crippen molar-refractivity contribution in [2.45, 2.75) is 57.2 Å². The molecule has 6 nitrogen and oxygen atoms in total. The zero-order valence-electron chi connectivity index (χ0n) is 11.8. The van der Waals surface area contributed by atoms with Gasteiger partial charge in [-0.2, -0.15) is 5.10 Å². The highest BCUT2D eigenvalue weighted by Crippen LogP contribution is 2.36. The van der Waals surface area contributed by atoms with Crippen molar-refractivity contribution in [2.24, 2.45) is 0 Å². The van der Waals surface area contributed by atoms with E-state index < -0.39 is 5.54 Å². The topological polar surface area (TPSA) is 69.0 Å². The fraction of sp³-hybridized carbons (Fsp3) is 0.769. The van der Waals surface area contributed by atoms with E-state index in [0.717, 1.165) is 19.3 Å². The van der Waals surface area contributed by atoms with Gasteiger partial charge in [0, 0.05) is 6.04 Å². The Morgan fingerprint density at radius 3 is 2.95 bits per heavy atom. The molecule has 1 aromatic heterocycles. The zero-order chi connectivity index (χ0) is 13.9. The number of esters is 1. The van der Waals surface area contributed by atoms with Crippen molar-refractivity contribution in [1.29, 1.82) is 0 Å². The molecule has 0 spiro atoms. The molecule has 2 rings (SSSR count). The molecule has 1 saturated carbocycles. The summed E-state index contributed by atoms with van der Waals surface area (Å²) in [6, 6.07) is 0.426. The van der Waals surface area contributed by atoms with Gasteiger partial charge in [0.1, 0.15) is 18.2 Å². The van der Waals surface area contributed by atoms with Crippen LogP contribution >= 0.6 is 0 Å². The molecule has 1 aliphatic rings. The molecule has 1 aliphatic carbocycles. The smallest absolute Gasteiger partial charge is 0.326 e. The summed E-state index contributed by atoms with van der Waals surface area (Å²) >= 11 is 0. The van der Waals surface area contributed by atoms with E-state index in [1.807, 2.05) is 18.5 Å². The first-order chi connectivity index (χ1) is 9.07.